The summed E-state index contributed by atoms with van der Waals surface area (Å²) in [5, 5.41) is 18.0. The fourth-order valence-corrected chi connectivity index (χ4v) is 3.11. The van der Waals surface area contributed by atoms with Gasteiger partial charge in [-0.2, -0.15) is 15.3 Å². The molecule has 160 valence electrons. The van der Waals surface area contributed by atoms with Gasteiger partial charge in [0.15, 0.2) is 16.5 Å². The van der Waals surface area contributed by atoms with E-state index < -0.39 is 6.03 Å². The number of rotatable bonds is 6. The molecule has 0 saturated heterocycles. The van der Waals surface area contributed by atoms with Gasteiger partial charge in [0, 0.05) is 19.2 Å². The number of carbonyl (C=O) groups excluding carboxylic acids is 1. The highest BCUT2D eigenvalue weighted by Gasteiger charge is 2.19. The number of methoxy groups -OCH3 is 2. The SMILES string of the molecule is COc1cc(NC(=O)Nc2cnc3cc(Cl)nn3c2C(C)OC)cnc1-n1nccn1. The Morgan fingerprint density at radius 1 is 1.13 bits per heavy atom. The third kappa shape index (κ3) is 4.11. The molecule has 0 radical (unpaired) electrons. The fraction of sp³-hybridized carbons (Fsp3) is 0.222. The van der Waals surface area contributed by atoms with Crippen molar-refractivity contribution in [2.24, 2.45) is 0 Å². The molecule has 0 bridgehead atoms. The van der Waals surface area contributed by atoms with Crippen molar-refractivity contribution in [3.05, 3.63) is 47.8 Å². The maximum absolute atomic E-state index is 12.7. The van der Waals surface area contributed by atoms with Crippen molar-refractivity contribution in [3.8, 4) is 11.6 Å². The first-order valence-corrected chi connectivity index (χ1v) is 9.43. The summed E-state index contributed by atoms with van der Waals surface area (Å²) in [5.41, 5.74) is 1.94. The third-order valence-electron chi connectivity index (χ3n) is 4.40. The summed E-state index contributed by atoms with van der Waals surface area (Å²) in [6.45, 7) is 1.82. The summed E-state index contributed by atoms with van der Waals surface area (Å²) in [4.78, 5) is 22.5. The molecule has 31 heavy (non-hydrogen) atoms. The Morgan fingerprint density at radius 3 is 2.61 bits per heavy atom. The van der Waals surface area contributed by atoms with Crippen LogP contribution < -0.4 is 15.4 Å². The summed E-state index contributed by atoms with van der Waals surface area (Å²) in [7, 11) is 3.04. The van der Waals surface area contributed by atoms with Crippen LogP contribution in [0.5, 0.6) is 5.75 Å². The summed E-state index contributed by atoms with van der Waals surface area (Å²) in [5.74, 6) is 0.775. The van der Waals surface area contributed by atoms with Crippen molar-refractivity contribution >= 4 is 34.7 Å². The van der Waals surface area contributed by atoms with Crippen LogP contribution in [0.3, 0.4) is 0 Å². The van der Waals surface area contributed by atoms with Crippen LogP contribution in [0, 0.1) is 0 Å². The Morgan fingerprint density at radius 2 is 1.90 bits per heavy atom. The number of pyridine rings is 1. The predicted octanol–water partition coefficient (Wildman–Crippen LogP) is 2.72. The van der Waals surface area contributed by atoms with Crippen LogP contribution in [0.25, 0.3) is 11.5 Å². The summed E-state index contributed by atoms with van der Waals surface area (Å²) in [6.07, 6.45) is 5.64. The van der Waals surface area contributed by atoms with Gasteiger partial charge in [0.2, 0.25) is 5.82 Å². The molecule has 4 aromatic rings. The summed E-state index contributed by atoms with van der Waals surface area (Å²) in [6, 6.07) is 2.71. The lowest BCUT2D eigenvalue weighted by molar-refractivity contribution is 0.114. The number of aromatic nitrogens is 7. The number of hydrogen-bond acceptors (Lipinski definition) is 8. The number of fused-ring (bicyclic) bond motifs is 1. The highest BCUT2D eigenvalue weighted by molar-refractivity contribution is 6.29. The normalized spacial score (nSPS) is 12.0. The van der Waals surface area contributed by atoms with E-state index in [9.17, 15) is 4.79 Å². The van der Waals surface area contributed by atoms with E-state index in [1.54, 1.807) is 19.2 Å². The third-order valence-corrected chi connectivity index (χ3v) is 4.58. The Balaban J connectivity index is 1.58. The van der Waals surface area contributed by atoms with Crippen LogP contribution in [0.4, 0.5) is 16.2 Å². The zero-order valence-electron chi connectivity index (χ0n) is 16.8. The Labute approximate surface area is 181 Å². The number of anilines is 2. The monoisotopic (exact) mass is 443 g/mol. The molecule has 0 aliphatic carbocycles. The largest absolute Gasteiger partial charge is 0.493 e. The molecule has 2 amide bonds. The molecule has 0 aliphatic heterocycles. The standard InChI is InChI=1S/C18H18ClN9O3/c1-10(30-2)16-12(9-20-15-7-14(19)26-27(15)16)25-18(29)24-11-6-13(31-3)17(21-8-11)28-22-4-5-23-28/h4-10H,1-3H3,(H2,24,25,29). The van der Waals surface area contributed by atoms with Gasteiger partial charge in [-0.05, 0) is 6.92 Å². The van der Waals surface area contributed by atoms with Gasteiger partial charge in [0.25, 0.3) is 0 Å². The number of halogens is 1. The molecular formula is C18H18ClN9O3. The number of amides is 2. The zero-order valence-corrected chi connectivity index (χ0v) is 17.5. The molecule has 12 nitrogen and oxygen atoms in total. The van der Waals surface area contributed by atoms with E-state index in [4.69, 9.17) is 21.1 Å². The topological polar surface area (TPSA) is 133 Å². The minimum absolute atomic E-state index is 0.281. The maximum atomic E-state index is 12.7. The number of hydrogen-bond donors (Lipinski definition) is 2. The highest BCUT2D eigenvalue weighted by atomic mass is 35.5. The highest BCUT2D eigenvalue weighted by Crippen LogP contribution is 2.27. The second-order valence-corrected chi connectivity index (χ2v) is 6.71. The van der Waals surface area contributed by atoms with Crippen molar-refractivity contribution in [1.82, 2.24) is 34.6 Å². The van der Waals surface area contributed by atoms with Gasteiger partial charge in [0.1, 0.15) is 0 Å². The first-order chi connectivity index (χ1) is 15.0. The van der Waals surface area contributed by atoms with Crippen LogP contribution in [-0.2, 0) is 4.74 Å². The van der Waals surface area contributed by atoms with E-state index in [1.807, 2.05) is 6.92 Å². The van der Waals surface area contributed by atoms with E-state index in [2.05, 4.69) is 35.9 Å². The fourth-order valence-electron chi connectivity index (χ4n) is 2.94. The number of nitrogens with one attached hydrogen (secondary N) is 2. The number of carbonyl (C=O) groups is 1. The molecule has 0 aromatic carbocycles. The van der Waals surface area contributed by atoms with Gasteiger partial charge in [-0.3, -0.25) is 0 Å². The molecule has 13 heteroatoms. The van der Waals surface area contributed by atoms with Crippen molar-refractivity contribution in [1.29, 1.82) is 0 Å². The lowest BCUT2D eigenvalue weighted by Crippen LogP contribution is -2.22. The molecule has 1 unspecified atom stereocenters. The van der Waals surface area contributed by atoms with Crippen LogP contribution in [0.15, 0.2) is 36.9 Å². The molecule has 0 fully saturated rings. The second kappa shape index (κ2) is 8.53. The Hall–Kier alpha value is -3.77. The van der Waals surface area contributed by atoms with Crippen LogP contribution in [-0.4, -0.2) is 54.8 Å². The molecule has 4 rings (SSSR count). The minimum atomic E-state index is -0.516. The van der Waals surface area contributed by atoms with Crippen LogP contribution in [0.1, 0.15) is 18.7 Å². The lowest BCUT2D eigenvalue weighted by Gasteiger charge is -2.17. The molecule has 0 aliphatic rings. The molecule has 1 atom stereocenters. The van der Waals surface area contributed by atoms with Crippen LogP contribution >= 0.6 is 11.6 Å². The lowest BCUT2D eigenvalue weighted by atomic mass is 10.2. The molecule has 2 N–H and O–H groups in total. The molecule has 0 saturated carbocycles. The van der Waals surface area contributed by atoms with Crippen molar-refractivity contribution < 1.29 is 14.3 Å². The average molecular weight is 444 g/mol. The zero-order chi connectivity index (χ0) is 22.0. The summed E-state index contributed by atoms with van der Waals surface area (Å²) < 4.78 is 12.3. The van der Waals surface area contributed by atoms with E-state index >= 15 is 0 Å². The molecule has 4 heterocycles. The molecule has 0 spiro atoms. The van der Waals surface area contributed by atoms with Gasteiger partial charge in [-0.1, -0.05) is 11.6 Å². The van der Waals surface area contributed by atoms with Crippen molar-refractivity contribution in [2.45, 2.75) is 13.0 Å². The van der Waals surface area contributed by atoms with Gasteiger partial charge in [-0.25, -0.2) is 19.3 Å². The summed E-state index contributed by atoms with van der Waals surface area (Å²) >= 11 is 6.00. The Bertz CT molecular complexity index is 1230. The quantitative estimate of drug-likeness (QED) is 0.464. The van der Waals surface area contributed by atoms with E-state index in [0.717, 1.165) is 0 Å². The second-order valence-electron chi connectivity index (χ2n) is 6.32. The van der Waals surface area contributed by atoms with Crippen LogP contribution in [0.2, 0.25) is 5.15 Å². The van der Waals surface area contributed by atoms with Gasteiger partial charge in [-0.15, -0.1) is 4.80 Å². The first-order valence-electron chi connectivity index (χ1n) is 9.06. The average Bonchev–Trinajstić information content (AvgIpc) is 3.42. The predicted molar refractivity (Wildman–Crippen MR) is 112 cm³/mol. The number of ether oxygens (including phenoxy) is 2. The van der Waals surface area contributed by atoms with E-state index in [1.165, 1.54) is 41.2 Å². The van der Waals surface area contributed by atoms with Crippen molar-refractivity contribution in [3.63, 3.8) is 0 Å². The van der Waals surface area contributed by atoms with E-state index in [0.29, 0.717) is 34.3 Å². The number of urea groups is 1. The Kier molecular flexibility index (Phi) is 5.64. The maximum Gasteiger partial charge on any atom is 0.323 e. The number of nitrogens with zero attached hydrogens (tertiary/aromatic N) is 7. The smallest absolute Gasteiger partial charge is 0.323 e. The van der Waals surface area contributed by atoms with Crippen molar-refractivity contribution in [2.75, 3.05) is 24.9 Å². The van der Waals surface area contributed by atoms with E-state index in [-0.39, 0.29) is 11.3 Å². The first kappa shape index (κ1) is 20.5. The van der Waals surface area contributed by atoms with Gasteiger partial charge in [0.05, 0.1) is 55.1 Å². The van der Waals surface area contributed by atoms with Gasteiger partial charge < -0.3 is 20.1 Å². The van der Waals surface area contributed by atoms with Gasteiger partial charge >= 0.3 is 6.03 Å². The minimum Gasteiger partial charge on any atom is -0.493 e. The molecule has 4 aromatic heterocycles. The molecular weight excluding hydrogens is 426 g/mol.